The van der Waals surface area contributed by atoms with Gasteiger partial charge in [0, 0.05) is 12.6 Å². The van der Waals surface area contributed by atoms with Crippen LogP contribution in [0.4, 0.5) is 0 Å². The van der Waals surface area contributed by atoms with E-state index < -0.39 is 0 Å². The van der Waals surface area contributed by atoms with Crippen LogP contribution in [0.25, 0.3) is 0 Å². The van der Waals surface area contributed by atoms with E-state index in [4.69, 9.17) is 4.74 Å². The summed E-state index contributed by atoms with van der Waals surface area (Å²) in [4.78, 5) is 28.9. The maximum atomic E-state index is 12.3. The van der Waals surface area contributed by atoms with Gasteiger partial charge in [0.25, 0.3) is 11.8 Å². The predicted molar refractivity (Wildman–Crippen MR) is 103 cm³/mol. The molecule has 6 nitrogen and oxygen atoms in total. The highest BCUT2D eigenvalue weighted by atomic mass is 16.5. The molecule has 1 aromatic heterocycles. The minimum absolute atomic E-state index is 0.213. The van der Waals surface area contributed by atoms with Crippen LogP contribution >= 0.6 is 0 Å². The number of hydrogen-bond acceptors (Lipinski definition) is 4. The number of hydrogen-bond donors (Lipinski definition) is 2. The largest absolute Gasteiger partial charge is 0.497 e. The van der Waals surface area contributed by atoms with E-state index in [1.54, 1.807) is 25.3 Å². The molecule has 0 aliphatic heterocycles. The highest BCUT2D eigenvalue weighted by Crippen LogP contribution is 2.18. The summed E-state index contributed by atoms with van der Waals surface area (Å²) in [5.41, 5.74) is 1.64. The number of aromatic nitrogens is 1. The number of rotatable bonds is 7. The van der Waals surface area contributed by atoms with Crippen LogP contribution in [0.15, 0.2) is 42.5 Å². The van der Waals surface area contributed by atoms with E-state index in [0.717, 1.165) is 37.0 Å². The van der Waals surface area contributed by atoms with Crippen molar-refractivity contribution in [1.82, 2.24) is 15.6 Å². The Kier molecular flexibility index (Phi) is 6.41. The molecule has 0 spiro atoms. The van der Waals surface area contributed by atoms with E-state index in [0.29, 0.717) is 13.0 Å². The Hall–Kier alpha value is -2.89. The summed E-state index contributed by atoms with van der Waals surface area (Å²) in [7, 11) is 1.63. The third-order valence-electron chi connectivity index (χ3n) is 4.76. The average molecular weight is 367 g/mol. The van der Waals surface area contributed by atoms with Gasteiger partial charge in [-0.15, -0.1) is 0 Å². The van der Waals surface area contributed by atoms with Crippen molar-refractivity contribution in [2.75, 3.05) is 13.7 Å². The highest BCUT2D eigenvalue weighted by molar-refractivity contribution is 5.96. The molecular formula is C21H25N3O3. The molecule has 1 heterocycles. The average Bonchev–Trinajstić information content (AvgIpc) is 3.21. The number of ether oxygens (including phenoxy) is 1. The lowest BCUT2D eigenvalue weighted by molar-refractivity contribution is 0.0932. The van der Waals surface area contributed by atoms with E-state index in [-0.39, 0.29) is 29.2 Å². The first-order valence-electron chi connectivity index (χ1n) is 9.35. The van der Waals surface area contributed by atoms with Crippen molar-refractivity contribution in [3.05, 3.63) is 59.4 Å². The Morgan fingerprint density at radius 1 is 1.04 bits per heavy atom. The van der Waals surface area contributed by atoms with E-state index in [1.807, 2.05) is 24.3 Å². The molecule has 0 saturated heterocycles. The van der Waals surface area contributed by atoms with Crippen molar-refractivity contribution in [1.29, 1.82) is 0 Å². The molecule has 0 bridgehead atoms. The van der Waals surface area contributed by atoms with E-state index >= 15 is 0 Å². The molecule has 0 atom stereocenters. The summed E-state index contributed by atoms with van der Waals surface area (Å²) in [5.74, 6) is 0.313. The zero-order valence-corrected chi connectivity index (χ0v) is 15.5. The third-order valence-corrected chi connectivity index (χ3v) is 4.76. The Balaban J connectivity index is 1.52. The van der Waals surface area contributed by atoms with Gasteiger partial charge in [-0.2, -0.15) is 0 Å². The predicted octanol–water partition coefficient (Wildman–Crippen LogP) is 2.74. The molecule has 1 aliphatic rings. The number of pyridine rings is 1. The lowest BCUT2D eigenvalue weighted by atomic mass is 10.1. The minimum Gasteiger partial charge on any atom is -0.497 e. The summed E-state index contributed by atoms with van der Waals surface area (Å²) in [6, 6.07) is 12.9. The maximum Gasteiger partial charge on any atom is 0.270 e. The van der Waals surface area contributed by atoms with E-state index in [1.165, 1.54) is 0 Å². The number of carbonyl (C=O) groups excluding carboxylic acids is 2. The van der Waals surface area contributed by atoms with Crippen LogP contribution in [-0.4, -0.2) is 36.5 Å². The fourth-order valence-corrected chi connectivity index (χ4v) is 3.22. The zero-order valence-electron chi connectivity index (χ0n) is 15.5. The standard InChI is InChI=1S/C21H25N3O3/c1-27-17-11-9-15(10-12-17)13-14-22-20(25)18-7-4-8-19(24-18)21(26)23-16-5-2-3-6-16/h4,7-12,16H,2-3,5-6,13-14H2,1H3,(H,22,25)(H,23,26). The van der Waals surface area contributed by atoms with Gasteiger partial charge in [0.1, 0.15) is 17.1 Å². The lowest BCUT2D eigenvalue weighted by Gasteiger charge is -2.12. The molecule has 2 aromatic rings. The summed E-state index contributed by atoms with van der Waals surface area (Å²) in [6.07, 6.45) is 5.02. The lowest BCUT2D eigenvalue weighted by Crippen LogP contribution is -2.34. The number of nitrogens with one attached hydrogen (secondary N) is 2. The van der Waals surface area contributed by atoms with Crippen molar-refractivity contribution in [3.8, 4) is 5.75 Å². The first kappa shape index (κ1) is 18.9. The number of benzene rings is 1. The summed E-state index contributed by atoms with van der Waals surface area (Å²) in [6.45, 7) is 0.491. The minimum atomic E-state index is -0.279. The number of amides is 2. The molecule has 3 rings (SSSR count). The molecule has 0 radical (unpaired) electrons. The van der Waals surface area contributed by atoms with Gasteiger partial charge in [-0.25, -0.2) is 4.98 Å². The number of carbonyl (C=O) groups is 2. The monoisotopic (exact) mass is 367 g/mol. The van der Waals surface area contributed by atoms with Crippen molar-refractivity contribution in [3.63, 3.8) is 0 Å². The Bertz CT molecular complexity index is 784. The summed E-state index contributed by atoms with van der Waals surface area (Å²) >= 11 is 0. The Morgan fingerprint density at radius 2 is 1.70 bits per heavy atom. The molecule has 142 valence electrons. The normalized spacial score (nSPS) is 14.0. The molecule has 27 heavy (non-hydrogen) atoms. The van der Waals surface area contributed by atoms with Gasteiger partial charge in [0.05, 0.1) is 7.11 Å². The molecule has 6 heteroatoms. The van der Waals surface area contributed by atoms with Crippen LogP contribution < -0.4 is 15.4 Å². The van der Waals surface area contributed by atoms with Crippen LogP contribution in [0, 0.1) is 0 Å². The van der Waals surface area contributed by atoms with Gasteiger partial charge in [-0.05, 0) is 49.1 Å². The highest BCUT2D eigenvalue weighted by Gasteiger charge is 2.19. The van der Waals surface area contributed by atoms with Gasteiger partial charge in [-0.3, -0.25) is 9.59 Å². The third kappa shape index (κ3) is 5.29. The van der Waals surface area contributed by atoms with Crippen LogP contribution in [0.3, 0.4) is 0 Å². The van der Waals surface area contributed by atoms with Crippen LogP contribution in [0.2, 0.25) is 0 Å². The van der Waals surface area contributed by atoms with Gasteiger partial charge in [0.15, 0.2) is 0 Å². The van der Waals surface area contributed by atoms with Crippen molar-refractivity contribution in [2.24, 2.45) is 0 Å². The molecule has 1 aromatic carbocycles. The van der Waals surface area contributed by atoms with Gasteiger partial charge < -0.3 is 15.4 Å². The zero-order chi connectivity index (χ0) is 19.1. The van der Waals surface area contributed by atoms with Crippen LogP contribution in [0.5, 0.6) is 5.75 Å². The van der Waals surface area contributed by atoms with Gasteiger partial charge in [0.2, 0.25) is 0 Å². The number of nitrogens with zero attached hydrogens (tertiary/aromatic N) is 1. The molecule has 1 saturated carbocycles. The SMILES string of the molecule is COc1ccc(CCNC(=O)c2cccc(C(=O)NC3CCCC3)n2)cc1. The first-order valence-corrected chi connectivity index (χ1v) is 9.35. The van der Waals surface area contributed by atoms with Gasteiger partial charge in [-0.1, -0.05) is 31.0 Å². The van der Waals surface area contributed by atoms with Crippen molar-refractivity contribution >= 4 is 11.8 Å². The molecule has 0 unspecified atom stereocenters. The van der Waals surface area contributed by atoms with E-state index in [2.05, 4.69) is 15.6 Å². The smallest absolute Gasteiger partial charge is 0.270 e. The quantitative estimate of drug-likeness (QED) is 0.789. The summed E-state index contributed by atoms with van der Waals surface area (Å²) < 4.78 is 5.13. The topological polar surface area (TPSA) is 80.3 Å². The number of methoxy groups -OCH3 is 1. The molecule has 1 aliphatic carbocycles. The second kappa shape index (κ2) is 9.16. The molecule has 2 N–H and O–H groups in total. The van der Waals surface area contributed by atoms with E-state index in [9.17, 15) is 9.59 Å². The fraction of sp³-hybridized carbons (Fsp3) is 0.381. The first-order chi connectivity index (χ1) is 13.2. The maximum absolute atomic E-state index is 12.3. The Labute approximate surface area is 159 Å². The van der Waals surface area contributed by atoms with Crippen LogP contribution in [-0.2, 0) is 6.42 Å². The van der Waals surface area contributed by atoms with Crippen molar-refractivity contribution in [2.45, 2.75) is 38.1 Å². The summed E-state index contributed by atoms with van der Waals surface area (Å²) in [5, 5.41) is 5.84. The second-order valence-electron chi connectivity index (χ2n) is 6.72. The van der Waals surface area contributed by atoms with Crippen LogP contribution in [0.1, 0.15) is 52.2 Å². The van der Waals surface area contributed by atoms with Crippen molar-refractivity contribution < 1.29 is 14.3 Å². The fourth-order valence-electron chi connectivity index (χ4n) is 3.22. The van der Waals surface area contributed by atoms with Gasteiger partial charge >= 0.3 is 0 Å². The molecule has 2 amide bonds. The second-order valence-corrected chi connectivity index (χ2v) is 6.72. The Morgan fingerprint density at radius 3 is 2.37 bits per heavy atom. The molecular weight excluding hydrogens is 342 g/mol. The molecule has 1 fully saturated rings.